The number of nitriles is 3. The third-order valence-electron chi connectivity index (χ3n) is 10.2. The van der Waals surface area contributed by atoms with Crippen molar-refractivity contribution >= 4 is 27.5 Å². The molecule has 2 unspecified atom stereocenters. The molecule has 0 radical (unpaired) electrons. The van der Waals surface area contributed by atoms with Crippen LogP contribution in [-0.4, -0.2) is 10.6 Å². The van der Waals surface area contributed by atoms with Crippen molar-refractivity contribution < 1.29 is 0 Å². The van der Waals surface area contributed by atoms with Gasteiger partial charge in [-0.05, 0) is 84.1 Å². The molecule has 0 N–H and O–H groups in total. The zero-order valence-electron chi connectivity index (χ0n) is 28.5. The van der Waals surface area contributed by atoms with E-state index in [-0.39, 0.29) is 12.0 Å². The molecule has 2 heterocycles. The number of anilines is 1. The van der Waals surface area contributed by atoms with Crippen LogP contribution in [0.25, 0.3) is 49.7 Å². The summed E-state index contributed by atoms with van der Waals surface area (Å²) in [5, 5.41) is 31.5. The monoisotopic (exact) mass is 665 g/mol. The Morgan fingerprint density at radius 3 is 2.12 bits per heavy atom. The van der Waals surface area contributed by atoms with Gasteiger partial charge in [0.15, 0.2) is 0 Å². The van der Waals surface area contributed by atoms with E-state index < -0.39 is 0 Å². The molecule has 1 aliphatic heterocycles. The fraction of sp³-hybridized carbons (Fsp3) is 0.0851. The van der Waals surface area contributed by atoms with Gasteiger partial charge in [0.25, 0.3) is 0 Å². The number of fused-ring (bicyclic) bond motifs is 5. The Morgan fingerprint density at radius 1 is 0.731 bits per heavy atom. The van der Waals surface area contributed by atoms with Crippen LogP contribution in [0.4, 0.5) is 5.69 Å². The number of hydrogen-bond donors (Lipinski definition) is 0. The van der Waals surface area contributed by atoms with E-state index in [1.807, 2.05) is 48.5 Å². The van der Waals surface area contributed by atoms with Gasteiger partial charge in [0.05, 0.1) is 51.6 Å². The average molecular weight is 666 g/mol. The van der Waals surface area contributed by atoms with E-state index in [2.05, 4.69) is 125 Å². The summed E-state index contributed by atoms with van der Waals surface area (Å²) in [6.45, 7) is 2.08. The lowest BCUT2D eigenvalue weighted by molar-refractivity contribution is 0.560. The third-order valence-corrected chi connectivity index (χ3v) is 10.2. The number of rotatable bonds is 5. The van der Waals surface area contributed by atoms with E-state index in [4.69, 9.17) is 6.42 Å². The van der Waals surface area contributed by atoms with Crippen molar-refractivity contribution in [2.75, 3.05) is 4.90 Å². The molecule has 1 aliphatic carbocycles. The van der Waals surface area contributed by atoms with Gasteiger partial charge in [0, 0.05) is 39.7 Å². The van der Waals surface area contributed by atoms with Crippen LogP contribution in [0.5, 0.6) is 0 Å². The molecule has 2 aliphatic rings. The van der Waals surface area contributed by atoms with Gasteiger partial charge in [0.1, 0.15) is 6.07 Å². The molecule has 6 aromatic rings. The molecule has 0 spiro atoms. The Hall–Kier alpha value is -7.31. The number of benzene rings is 5. The van der Waals surface area contributed by atoms with Crippen LogP contribution >= 0.6 is 0 Å². The van der Waals surface area contributed by atoms with E-state index in [9.17, 15) is 15.8 Å². The van der Waals surface area contributed by atoms with Gasteiger partial charge >= 0.3 is 0 Å². The molecule has 0 fully saturated rings. The number of terminal acetylenes is 1. The van der Waals surface area contributed by atoms with E-state index in [0.717, 1.165) is 73.1 Å². The number of hydrogen-bond acceptors (Lipinski definition) is 4. The topological polar surface area (TPSA) is 79.5 Å². The van der Waals surface area contributed by atoms with Crippen molar-refractivity contribution in [3.8, 4) is 58.5 Å². The second-order valence-electron chi connectivity index (χ2n) is 13.0. The molecule has 2 bridgehead atoms. The highest BCUT2D eigenvalue weighted by molar-refractivity contribution is 6.10. The second-order valence-corrected chi connectivity index (χ2v) is 13.0. The van der Waals surface area contributed by atoms with E-state index in [1.54, 1.807) is 6.08 Å². The maximum absolute atomic E-state index is 9.96. The van der Waals surface area contributed by atoms with E-state index in [0.29, 0.717) is 16.7 Å². The summed E-state index contributed by atoms with van der Waals surface area (Å²) in [6, 6.07) is 44.0. The van der Waals surface area contributed by atoms with Gasteiger partial charge in [-0.25, -0.2) is 0 Å². The molecule has 5 aromatic carbocycles. The maximum Gasteiger partial charge on any atom is 0.100 e. The molecule has 52 heavy (non-hydrogen) atoms. The minimum atomic E-state index is 0.122. The van der Waals surface area contributed by atoms with Crippen LogP contribution in [0.1, 0.15) is 24.5 Å². The van der Waals surface area contributed by atoms with Crippen LogP contribution < -0.4 is 4.90 Å². The first-order valence-corrected chi connectivity index (χ1v) is 17.1. The van der Waals surface area contributed by atoms with Crippen molar-refractivity contribution in [1.82, 2.24) is 4.57 Å². The SMILES string of the molecule is C#C/C=C(/C#N)C1=C(C)N(c2ccc(-c3ccc(-c4ccc(C#N)cc4-n4c5ccccc5c5cc(C#N)ccc54)cc3)cc2)C2C=CC=CC1C2. The first-order valence-electron chi connectivity index (χ1n) is 17.1. The maximum atomic E-state index is 9.96. The van der Waals surface area contributed by atoms with Crippen molar-refractivity contribution in [3.63, 3.8) is 0 Å². The molecule has 8 rings (SSSR count). The summed E-state index contributed by atoms with van der Waals surface area (Å²) in [7, 11) is 0. The van der Waals surface area contributed by atoms with Crippen molar-refractivity contribution in [3.05, 3.63) is 168 Å². The lowest BCUT2D eigenvalue weighted by atomic mass is 9.82. The first kappa shape index (κ1) is 31.9. The molecule has 5 nitrogen and oxygen atoms in total. The Morgan fingerprint density at radius 2 is 1.38 bits per heavy atom. The largest absolute Gasteiger partial charge is 0.338 e. The molecule has 0 amide bonds. The lowest BCUT2D eigenvalue weighted by Crippen LogP contribution is -2.39. The fourth-order valence-corrected chi connectivity index (χ4v) is 7.88. The minimum Gasteiger partial charge on any atom is -0.338 e. The molecule has 244 valence electrons. The Kier molecular flexibility index (Phi) is 8.10. The quantitative estimate of drug-likeness (QED) is 0.136. The average Bonchev–Trinajstić information content (AvgIpc) is 3.37. The summed E-state index contributed by atoms with van der Waals surface area (Å²) in [5.41, 5.74) is 11.9. The lowest BCUT2D eigenvalue weighted by Gasteiger charge is -2.40. The van der Waals surface area contributed by atoms with Gasteiger partial charge < -0.3 is 9.47 Å². The van der Waals surface area contributed by atoms with Gasteiger partial charge in [-0.3, -0.25) is 0 Å². The Bertz CT molecular complexity index is 2710. The van der Waals surface area contributed by atoms with Gasteiger partial charge in [-0.1, -0.05) is 90.9 Å². The van der Waals surface area contributed by atoms with Crippen LogP contribution in [-0.2, 0) is 0 Å². The standard InChI is InChI=1S/C47H31N5/c1-3-8-38(30-50)47-31(2)51(40-10-5-4-9-37(47)27-40)39-21-19-35(20-22-39)34-15-17-36(18-16-34)41-23-13-33(29-49)26-46(41)52-44-12-7-6-11-42(44)43-25-32(28-48)14-24-45(43)52/h1,4-26,37,40H,27H2,2H3/b38-8-. The zero-order chi connectivity index (χ0) is 35.8. The normalized spacial score (nSPS) is 16.6. The van der Waals surface area contributed by atoms with Crippen LogP contribution in [0, 0.1) is 52.3 Å². The highest BCUT2D eigenvalue weighted by Gasteiger charge is 2.33. The molecule has 5 heteroatoms. The highest BCUT2D eigenvalue weighted by Crippen LogP contribution is 2.42. The predicted molar refractivity (Wildman–Crippen MR) is 209 cm³/mol. The van der Waals surface area contributed by atoms with Gasteiger partial charge in [0.2, 0.25) is 0 Å². The number of aromatic nitrogens is 1. The Labute approximate surface area is 303 Å². The van der Waals surface area contributed by atoms with Crippen LogP contribution in [0.3, 0.4) is 0 Å². The fourth-order valence-electron chi connectivity index (χ4n) is 7.88. The van der Waals surface area contributed by atoms with Gasteiger partial charge in [-0.2, -0.15) is 15.8 Å². The second kappa shape index (κ2) is 13.2. The summed E-state index contributed by atoms with van der Waals surface area (Å²) in [5.74, 6) is 2.67. The highest BCUT2D eigenvalue weighted by atomic mass is 15.2. The smallest absolute Gasteiger partial charge is 0.100 e. The van der Waals surface area contributed by atoms with Crippen LogP contribution in [0.15, 0.2) is 156 Å². The van der Waals surface area contributed by atoms with Crippen molar-refractivity contribution in [2.45, 2.75) is 19.4 Å². The number of allylic oxidation sites excluding steroid dienone is 7. The first-order chi connectivity index (χ1) is 25.5. The van der Waals surface area contributed by atoms with Crippen molar-refractivity contribution in [2.24, 2.45) is 5.92 Å². The minimum absolute atomic E-state index is 0.122. The van der Waals surface area contributed by atoms with Gasteiger partial charge in [-0.15, -0.1) is 6.42 Å². The van der Waals surface area contributed by atoms with E-state index >= 15 is 0 Å². The number of nitrogens with zero attached hydrogens (tertiary/aromatic N) is 5. The summed E-state index contributed by atoms with van der Waals surface area (Å²) in [4.78, 5) is 2.31. The Balaban J connectivity index is 1.16. The van der Waals surface area contributed by atoms with E-state index in [1.165, 1.54) is 0 Å². The molecule has 0 saturated carbocycles. The van der Waals surface area contributed by atoms with Crippen molar-refractivity contribution in [1.29, 1.82) is 15.8 Å². The third kappa shape index (κ3) is 5.36. The zero-order valence-corrected chi connectivity index (χ0v) is 28.5. The molecule has 2 atom stereocenters. The summed E-state index contributed by atoms with van der Waals surface area (Å²) in [6.07, 6.45) is 16.6. The molecular weight excluding hydrogens is 635 g/mol. The summed E-state index contributed by atoms with van der Waals surface area (Å²) >= 11 is 0. The number of para-hydroxylation sites is 1. The molecular formula is C47H31N5. The molecule has 0 saturated heterocycles. The summed E-state index contributed by atoms with van der Waals surface area (Å²) < 4.78 is 2.20. The predicted octanol–water partition coefficient (Wildman–Crippen LogP) is 10.5. The molecule has 1 aromatic heterocycles. The van der Waals surface area contributed by atoms with Crippen LogP contribution in [0.2, 0.25) is 0 Å².